The lowest BCUT2D eigenvalue weighted by molar-refractivity contribution is -0.137. The summed E-state index contributed by atoms with van der Waals surface area (Å²) in [5, 5.41) is 14.1. The van der Waals surface area contributed by atoms with Gasteiger partial charge in [0.2, 0.25) is 0 Å². The van der Waals surface area contributed by atoms with Gasteiger partial charge in [0.25, 0.3) is 0 Å². The molecule has 0 atom stereocenters. The lowest BCUT2D eigenvalue weighted by Gasteiger charge is -2.17. The fourth-order valence-electron chi connectivity index (χ4n) is 3.29. The van der Waals surface area contributed by atoms with Crippen molar-refractivity contribution in [3.05, 3.63) is 59.1 Å². The zero-order valence-electron chi connectivity index (χ0n) is 15.8. The van der Waals surface area contributed by atoms with Gasteiger partial charge in [-0.25, -0.2) is 4.98 Å². The molecule has 1 aromatic carbocycles. The highest BCUT2D eigenvalue weighted by molar-refractivity contribution is 5.86. The summed E-state index contributed by atoms with van der Waals surface area (Å²) in [4.78, 5) is 4.60. The number of hydrogen-bond donors (Lipinski definition) is 1. The molecule has 148 valence electrons. The van der Waals surface area contributed by atoms with E-state index in [1.54, 1.807) is 51.1 Å². The van der Waals surface area contributed by atoms with E-state index in [4.69, 9.17) is 4.52 Å². The molecule has 9 heteroatoms. The SMILES string of the molecule is Cc1n[nH]nc1-c1c(C(F)(F)F)cc(-c2ccccc2)nc1-c1c(C)noc1C. The third kappa shape index (κ3) is 3.28. The smallest absolute Gasteiger partial charge is 0.361 e. The summed E-state index contributed by atoms with van der Waals surface area (Å²) in [6.45, 7) is 4.88. The van der Waals surface area contributed by atoms with Gasteiger partial charge in [0.1, 0.15) is 11.5 Å². The number of halogens is 3. The molecule has 0 fully saturated rings. The second-order valence-corrected chi connectivity index (χ2v) is 6.60. The van der Waals surface area contributed by atoms with E-state index in [2.05, 4.69) is 25.6 Å². The molecule has 3 aromatic heterocycles. The molecule has 0 bridgehead atoms. The summed E-state index contributed by atoms with van der Waals surface area (Å²) in [5.41, 5.74) is 1.12. The number of pyridine rings is 1. The van der Waals surface area contributed by atoms with Gasteiger partial charge in [0.15, 0.2) is 0 Å². The maximum atomic E-state index is 14.2. The molecule has 4 rings (SSSR count). The molecule has 0 amide bonds. The lowest BCUT2D eigenvalue weighted by atomic mass is 9.94. The van der Waals surface area contributed by atoms with Gasteiger partial charge in [-0.05, 0) is 26.8 Å². The van der Waals surface area contributed by atoms with E-state index in [9.17, 15) is 13.2 Å². The number of benzene rings is 1. The Morgan fingerprint density at radius 2 is 1.62 bits per heavy atom. The summed E-state index contributed by atoms with van der Waals surface area (Å²) in [6, 6.07) is 9.74. The number of aromatic nitrogens is 5. The summed E-state index contributed by atoms with van der Waals surface area (Å²) < 4.78 is 47.7. The molecule has 3 heterocycles. The van der Waals surface area contributed by atoms with Gasteiger partial charge < -0.3 is 4.52 Å². The Hall–Kier alpha value is -3.49. The van der Waals surface area contributed by atoms with Crippen molar-refractivity contribution in [1.82, 2.24) is 25.6 Å². The first-order chi connectivity index (χ1) is 13.8. The second-order valence-electron chi connectivity index (χ2n) is 6.60. The van der Waals surface area contributed by atoms with Gasteiger partial charge in [0.05, 0.1) is 33.9 Å². The highest BCUT2D eigenvalue weighted by atomic mass is 19.4. The van der Waals surface area contributed by atoms with Crippen LogP contribution in [0.25, 0.3) is 33.8 Å². The summed E-state index contributed by atoms with van der Waals surface area (Å²) >= 11 is 0. The van der Waals surface area contributed by atoms with Crippen molar-refractivity contribution in [2.75, 3.05) is 0 Å². The first-order valence-electron chi connectivity index (χ1n) is 8.76. The lowest BCUT2D eigenvalue weighted by Crippen LogP contribution is -2.11. The van der Waals surface area contributed by atoms with Gasteiger partial charge in [-0.1, -0.05) is 35.5 Å². The van der Waals surface area contributed by atoms with Crippen molar-refractivity contribution in [1.29, 1.82) is 0 Å². The first-order valence-corrected chi connectivity index (χ1v) is 8.76. The van der Waals surface area contributed by atoms with Crippen LogP contribution in [0.5, 0.6) is 0 Å². The number of aromatic amines is 1. The van der Waals surface area contributed by atoms with Crippen molar-refractivity contribution >= 4 is 0 Å². The van der Waals surface area contributed by atoms with Crippen molar-refractivity contribution in [3.8, 4) is 33.8 Å². The van der Waals surface area contributed by atoms with E-state index >= 15 is 0 Å². The molecule has 0 aliphatic carbocycles. The number of nitrogens with one attached hydrogen (secondary N) is 1. The van der Waals surface area contributed by atoms with Crippen LogP contribution >= 0.6 is 0 Å². The molecule has 0 spiro atoms. The minimum Gasteiger partial charge on any atom is -0.361 e. The Labute approximate surface area is 163 Å². The largest absolute Gasteiger partial charge is 0.417 e. The maximum absolute atomic E-state index is 14.2. The standard InChI is InChI=1S/C20H16F3N5O/c1-10-16(12(3)29-27-10)19-17(18-11(2)25-28-26-18)14(20(21,22)23)9-15(24-19)13-7-5-4-6-8-13/h4-9H,1-3H3,(H,25,26,28). The predicted octanol–water partition coefficient (Wildman–Crippen LogP) is 5.13. The zero-order valence-corrected chi connectivity index (χ0v) is 15.8. The number of hydrogen-bond acceptors (Lipinski definition) is 5. The average Bonchev–Trinajstić information content (AvgIpc) is 3.25. The molecule has 4 aromatic rings. The van der Waals surface area contributed by atoms with Crippen LogP contribution in [0.4, 0.5) is 13.2 Å². The average molecular weight is 399 g/mol. The van der Waals surface area contributed by atoms with Gasteiger partial charge in [-0.3, -0.25) is 0 Å². The van der Waals surface area contributed by atoms with E-state index in [1.165, 1.54) is 0 Å². The van der Waals surface area contributed by atoms with Crippen LogP contribution in [0.1, 0.15) is 22.7 Å². The Bertz CT molecular complexity index is 1160. The Kier molecular flexibility index (Phi) is 4.45. The van der Waals surface area contributed by atoms with Crippen LogP contribution in [-0.4, -0.2) is 25.6 Å². The van der Waals surface area contributed by atoms with Crippen LogP contribution in [0.2, 0.25) is 0 Å². The minimum atomic E-state index is -4.64. The molecule has 0 aliphatic heterocycles. The summed E-state index contributed by atoms with van der Waals surface area (Å²) in [6.07, 6.45) is -4.64. The van der Waals surface area contributed by atoms with Gasteiger partial charge in [-0.15, -0.1) is 0 Å². The molecule has 0 saturated heterocycles. The molecule has 29 heavy (non-hydrogen) atoms. The van der Waals surface area contributed by atoms with Crippen molar-refractivity contribution < 1.29 is 17.7 Å². The Morgan fingerprint density at radius 1 is 0.897 bits per heavy atom. The number of aryl methyl sites for hydroxylation is 3. The fraction of sp³-hybridized carbons (Fsp3) is 0.200. The highest BCUT2D eigenvalue weighted by Gasteiger charge is 2.38. The Balaban J connectivity index is 2.15. The molecule has 0 unspecified atom stereocenters. The van der Waals surface area contributed by atoms with Crippen LogP contribution in [0.3, 0.4) is 0 Å². The fourth-order valence-corrected chi connectivity index (χ4v) is 3.29. The molecule has 1 N–H and O–H groups in total. The molecular weight excluding hydrogens is 383 g/mol. The summed E-state index contributed by atoms with van der Waals surface area (Å²) in [5.74, 6) is 0.371. The number of H-pyrrole nitrogens is 1. The van der Waals surface area contributed by atoms with E-state index < -0.39 is 11.7 Å². The van der Waals surface area contributed by atoms with E-state index in [0.717, 1.165) is 6.07 Å². The summed E-state index contributed by atoms with van der Waals surface area (Å²) in [7, 11) is 0. The minimum absolute atomic E-state index is 0.0828. The molecule has 0 saturated carbocycles. The predicted molar refractivity (Wildman–Crippen MR) is 99.8 cm³/mol. The monoisotopic (exact) mass is 399 g/mol. The topological polar surface area (TPSA) is 80.5 Å². The first kappa shape index (κ1) is 18.9. The molecule has 6 nitrogen and oxygen atoms in total. The van der Waals surface area contributed by atoms with E-state index in [0.29, 0.717) is 28.3 Å². The normalized spacial score (nSPS) is 11.8. The third-order valence-electron chi connectivity index (χ3n) is 4.62. The van der Waals surface area contributed by atoms with Gasteiger partial charge >= 0.3 is 6.18 Å². The van der Waals surface area contributed by atoms with Crippen molar-refractivity contribution in [2.24, 2.45) is 0 Å². The maximum Gasteiger partial charge on any atom is 0.417 e. The van der Waals surface area contributed by atoms with Gasteiger partial charge in [-0.2, -0.15) is 28.6 Å². The van der Waals surface area contributed by atoms with Crippen LogP contribution in [-0.2, 0) is 6.18 Å². The van der Waals surface area contributed by atoms with Crippen LogP contribution in [0, 0.1) is 20.8 Å². The second kappa shape index (κ2) is 6.84. The molecule has 0 radical (unpaired) electrons. The molecule has 0 aliphatic rings. The molecular formula is C20H16F3N5O. The third-order valence-corrected chi connectivity index (χ3v) is 4.62. The zero-order chi connectivity index (χ0) is 20.8. The van der Waals surface area contributed by atoms with E-state index in [-0.39, 0.29) is 22.6 Å². The quantitative estimate of drug-likeness (QED) is 0.516. The Morgan fingerprint density at radius 3 is 2.17 bits per heavy atom. The van der Waals surface area contributed by atoms with E-state index in [1.807, 2.05) is 0 Å². The number of nitrogens with zero attached hydrogens (tertiary/aromatic N) is 4. The van der Waals surface area contributed by atoms with Crippen molar-refractivity contribution in [2.45, 2.75) is 26.9 Å². The van der Waals surface area contributed by atoms with Crippen LogP contribution in [0.15, 0.2) is 40.9 Å². The number of rotatable bonds is 3. The van der Waals surface area contributed by atoms with Crippen LogP contribution < -0.4 is 0 Å². The number of alkyl halides is 3. The van der Waals surface area contributed by atoms with Crippen molar-refractivity contribution in [3.63, 3.8) is 0 Å². The highest BCUT2D eigenvalue weighted by Crippen LogP contribution is 2.44. The van der Waals surface area contributed by atoms with Gasteiger partial charge in [0, 0.05) is 11.1 Å².